The van der Waals surface area contributed by atoms with Gasteiger partial charge in [0, 0.05) is 39.5 Å². The maximum atomic E-state index is 6.65. The minimum Gasteiger partial charge on any atom is -0.455 e. The van der Waals surface area contributed by atoms with Gasteiger partial charge in [0.1, 0.15) is 11.2 Å². The second-order valence-corrected chi connectivity index (χ2v) is 12.6. The number of aromatic nitrogens is 2. The predicted octanol–water partition coefficient (Wildman–Crippen LogP) is 12.5. The molecule has 0 spiro atoms. The molecule has 0 saturated carbocycles. The van der Waals surface area contributed by atoms with Gasteiger partial charge in [-0.3, -0.25) is 9.97 Å². The van der Waals surface area contributed by atoms with E-state index < -0.39 is 0 Å². The van der Waals surface area contributed by atoms with Crippen molar-refractivity contribution < 1.29 is 4.42 Å². The smallest absolute Gasteiger partial charge is 0.143 e. The van der Waals surface area contributed by atoms with Crippen molar-refractivity contribution in [1.82, 2.24) is 9.97 Å². The van der Waals surface area contributed by atoms with Gasteiger partial charge in [0.05, 0.1) is 11.0 Å². The monoisotopic (exact) mass is 624 g/mol. The van der Waals surface area contributed by atoms with Crippen molar-refractivity contribution in [3.63, 3.8) is 0 Å². The molecule has 0 aliphatic carbocycles. The molecule has 0 amide bonds. The highest BCUT2D eigenvalue weighted by Crippen LogP contribution is 2.42. The largest absolute Gasteiger partial charge is 0.455 e. The fraction of sp³-hybridized carbons (Fsp3) is 0. The maximum Gasteiger partial charge on any atom is 0.143 e. The molecule has 3 heteroatoms. The number of fused-ring (bicyclic) bond motifs is 9. The molecule has 0 aliphatic heterocycles. The van der Waals surface area contributed by atoms with Crippen LogP contribution < -0.4 is 0 Å². The number of furan rings is 1. The summed E-state index contributed by atoms with van der Waals surface area (Å²) in [4.78, 5) is 9.41. The van der Waals surface area contributed by atoms with Crippen LogP contribution in [0.25, 0.3) is 99.0 Å². The lowest BCUT2D eigenvalue weighted by Crippen LogP contribution is -1.89. The van der Waals surface area contributed by atoms with E-state index in [-0.39, 0.29) is 0 Å². The average Bonchev–Trinajstić information content (AvgIpc) is 3.56. The lowest BCUT2D eigenvalue weighted by Gasteiger charge is -2.12. The van der Waals surface area contributed by atoms with Gasteiger partial charge >= 0.3 is 0 Å². The Hall–Kier alpha value is -6.58. The highest BCUT2D eigenvalue weighted by Gasteiger charge is 2.17. The molecular formula is C46H28N2O. The van der Waals surface area contributed by atoms with Crippen molar-refractivity contribution in [2.45, 2.75) is 0 Å². The summed E-state index contributed by atoms with van der Waals surface area (Å²) in [5.74, 6) is 0. The summed E-state index contributed by atoms with van der Waals surface area (Å²) < 4.78 is 6.65. The summed E-state index contributed by atoms with van der Waals surface area (Å²) >= 11 is 0. The predicted molar refractivity (Wildman–Crippen MR) is 204 cm³/mol. The fourth-order valence-electron chi connectivity index (χ4n) is 7.35. The van der Waals surface area contributed by atoms with E-state index in [1.807, 2.05) is 0 Å². The molecule has 3 nitrogen and oxygen atoms in total. The summed E-state index contributed by atoms with van der Waals surface area (Å²) in [5, 5.41) is 6.83. The Labute approximate surface area is 282 Å². The van der Waals surface area contributed by atoms with Crippen LogP contribution in [0.3, 0.4) is 0 Å². The molecule has 0 N–H and O–H groups in total. The Morgan fingerprint density at radius 2 is 0.837 bits per heavy atom. The van der Waals surface area contributed by atoms with Crippen molar-refractivity contribution in [3.05, 3.63) is 170 Å². The Bertz CT molecular complexity index is 2820. The van der Waals surface area contributed by atoms with Crippen LogP contribution in [0.4, 0.5) is 0 Å². The van der Waals surface area contributed by atoms with Gasteiger partial charge < -0.3 is 4.42 Å². The summed E-state index contributed by atoms with van der Waals surface area (Å²) in [5.41, 5.74) is 12.9. The highest BCUT2D eigenvalue weighted by atomic mass is 16.3. The van der Waals surface area contributed by atoms with E-state index in [2.05, 4.69) is 163 Å². The molecule has 10 rings (SSSR count). The van der Waals surface area contributed by atoms with Crippen molar-refractivity contribution >= 4 is 54.5 Å². The van der Waals surface area contributed by atoms with E-state index >= 15 is 0 Å². The molecule has 0 fully saturated rings. The van der Waals surface area contributed by atoms with Crippen molar-refractivity contribution in [3.8, 4) is 44.5 Å². The molecule has 228 valence electrons. The van der Waals surface area contributed by atoms with Gasteiger partial charge in [-0.1, -0.05) is 127 Å². The lowest BCUT2D eigenvalue weighted by atomic mass is 9.93. The summed E-state index contributed by atoms with van der Waals surface area (Å²) in [6.45, 7) is 0. The molecule has 49 heavy (non-hydrogen) atoms. The SMILES string of the molecule is c1ccc(-c2ccc3oc4c(-c5ccc(-c6ccc7c(c6)c6ccccc6c6nccnc76)cc5)cc(-c5ccccc5)cc4c3c2)cc1. The number of hydrogen-bond donors (Lipinski definition) is 0. The van der Waals surface area contributed by atoms with Crippen LogP contribution in [-0.2, 0) is 0 Å². The Kier molecular flexibility index (Phi) is 6.18. The number of rotatable bonds is 4. The highest BCUT2D eigenvalue weighted by molar-refractivity contribution is 6.23. The van der Waals surface area contributed by atoms with Crippen LogP contribution in [0.15, 0.2) is 175 Å². The van der Waals surface area contributed by atoms with Crippen LogP contribution in [-0.4, -0.2) is 9.97 Å². The molecule has 2 heterocycles. The zero-order valence-electron chi connectivity index (χ0n) is 26.5. The zero-order chi connectivity index (χ0) is 32.3. The Balaban J connectivity index is 1.13. The summed E-state index contributed by atoms with van der Waals surface area (Å²) in [7, 11) is 0. The molecule has 0 saturated heterocycles. The van der Waals surface area contributed by atoms with Gasteiger partial charge in [-0.2, -0.15) is 0 Å². The molecular weight excluding hydrogens is 597 g/mol. The first-order valence-electron chi connectivity index (χ1n) is 16.6. The van der Waals surface area contributed by atoms with E-state index in [4.69, 9.17) is 9.40 Å². The first-order valence-corrected chi connectivity index (χ1v) is 16.6. The second kappa shape index (κ2) is 11.0. The summed E-state index contributed by atoms with van der Waals surface area (Å²) in [6.07, 6.45) is 3.55. The molecule has 0 aliphatic rings. The van der Waals surface area contributed by atoms with E-state index in [0.717, 1.165) is 71.6 Å². The van der Waals surface area contributed by atoms with Crippen molar-refractivity contribution in [2.24, 2.45) is 0 Å². The molecule has 0 radical (unpaired) electrons. The van der Waals surface area contributed by atoms with Crippen LogP contribution >= 0.6 is 0 Å². The molecule has 10 aromatic rings. The van der Waals surface area contributed by atoms with E-state index in [9.17, 15) is 0 Å². The van der Waals surface area contributed by atoms with Gasteiger partial charge in [-0.25, -0.2) is 0 Å². The quantitative estimate of drug-likeness (QED) is 0.183. The number of nitrogens with zero attached hydrogens (tertiary/aromatic N) is 2. The number of benzene rings is 8. The van der Waals surface area contributed by atoms with E-state index in [1.165, 1.54) is 27.5 Å². The molecule has 0 unspecified atom stereocenters. The topological polar surface area (TPSA) is 38.9 Å². The molecule has 0 atom stereocenters. The minimum absolute atomic E-state index is 0.887. The first-order chi connectivity index (χ1) is 24.3. The second-order valence-electron chi connectivity index (χ2n) is 12.6. The van der Waals surface area contributed by atoms with Crippen LogP contribution in [0.5, 0.6) is 0 Å². The van der Waals surface area contributed by atoms with Crippen molar-refractivity contribution in [1.29, 1.82) is 0 Å². The molecule has 0 bridgehead atoms. The van der Waals surface area contributed by atoms with Crippen LogP contribution in [0.2, 0.25) is 0 Å². The lowest BCUT2D eigenvalue weighted by molar-refractivity contribution is 0.670. The van der Waals surface area contributed by atoms with Gasteiger partial charge in [0.25, 0.3) is 0 Å². The standard InChI is InChI=1S/C46H28N2O/c1-3-9-29(10-4-1)34-20-22-43-41(26-34)42-28-35(30-11-5-2-6-12-30)27-39(46(42)49-43)32-17-15-31(16-18-32)33-19-21-38-40(25-33)36-13-7-8-14-37(36)44-45(38)48-24-23-47-44/h1-28H. The van der Waals surface area contributed by atoms with Crippen molar-refractivity contribution in [2.75, 3.05) is 0 Å². The summed E-state index contributed by atoms with van der Waals surface area (Å²) in [6, 6.07) is 56.2. The van der Waals surface area contributed by atoms with Gasteiger partial charge in [0.2, 0.25) is 0 Å². The molecule has 2 aromatic heterocycles. The van der Waals surface area contributed by atoms with Gasteiger partial charge in [-0.15, -0.1) is 0 Å². The third kappa shape index (κ3) is 4.51. The average molecular weight is 625 g/mol. The third-order valence-corrected chi connectivity index (χ3v) is 9.76. The van der Waals surface area contributed by atoms with Crippen LogP contribution in [0.1, 0.15) is 0 Å². The maximum absolute atomic E-state index is 6.65. The molecule has 8 aromatic carbocycles. The van der Waals surface area contributed by atoms with E-state index in [0.29, 0.717) is 0 Å². The third-order valence-electron chi connectivity index (χ3n) is 9.76. The number of hydrogen-bond acceptors (Lipinski definition) is 3. The normalized spacial score (nSPS) is 11.7. The Morgan fingerprint density at radius 3 is 1.55 bits per heavy atom. The van der Waals surface area contributed by atoms with Crippen LogP contribution in [0, 0.1) is 0 Å². The van der Waals surface area contributed by atoms with Gasteiger partial charge in [0.15, 0.2) is 0 Å². The minimum atomic E-state index is 0.887. The fourth-order valence-corrected chi connectivity index (χ4v) is 7.35. The van der Waals surface area contributed by atoms with Gasteiger partial charge in [-0.05, 0) is 80.0 Å². The van der Waals surface area contributed by atoms with E-state index in [1.54, 1.807) is 12.4 Å². The zero-order valence-corrected chi connectivity index (χ0v) is 26.5. The first kappa shape index (κ1) is 27.5. The Morgan fingerprint density at radius 1 is 0.327 bits per heavy atom.